The minimum absolute atomic E-state index is 0.0395. The Morgan fingerprint density at radius 2 is 2.00 bits per heavy atom. The van der Waals surface area contributed by atoms with Gasteiger partial charge in [-0.05, 0) is 44.9 Å². The molecule has 1 amide bonds. The van der Waals surface area contributed by atoms with Gasteiger partial charge in [-0.3, -0.25) is 4.79 Å². The standard InChI is InChI=1S/C14H26N2O3/c1-3-11-6-8-14(9-7-11,13(18)19)16-12(17)5-4-10(2)15/h10-11H,3-9,15H2,1-2H3,(H,16,17)(H,18,19). The number of rotatable bonds is 6. The highest BCUT2D eigenvalue weighted by atomic mass is 16.4. The molecule has 0 heterocycles. The Morgan fingerprint density at radius 1 is 1.42 bits per heavy atom. The monoisotopic (exact) mass is 270 g/mol. The first-order valence-corrected chi connectivity index (χ1v) is 7.19. The molecular weight excluding hydrogens is 244 g/mol. The first-order valence-electron chi connectivity index (χ1n) is 7.19. The highest BCUT2D eigenvalue weighted by molar-refractivity contribution is 5.87. The molecule has 5 nitrogen and oxygen atoms in total. The summed E-state index contributed by atoms with van der Waals surface area (Å²) in [6, 6.07) is -0.0395. The zero-order chi connectivity index (χ0) is 14.5. The van der Waals surface area contributed by atoms with E-state index in [1.54, 1.807) is 0 Å². The van der Waals surface area contributed by atoms with E-state index in [0.717, 1.165) is 19.3 Å². The predicted octanol–water partition coefficient (Wildman–Crippen LogP) is 1.65. The normalized spacial score (nSPS) is 28.7. The second kappa shape index (κ2) is 6.89. The van der Waals surface area contributed by atoms with Crippen LogP contribution in [0.25, 0.3) is 0 Å². The zero-order valence-corrected chi connectivity index (χ0v) is 11.9. The SMILES string of the molecule is CCC1CCC(NC(=O)CCC(C)N)(C(=O)O)CC1. The Hall–Kier alpha value is -1.10. The molecule has 0 aromatic carbocycles. The lowest BCUT2D eigenvalue weighted by molar-refractivity contribution is -0.149. The van der Waals surface area contributed by atoms with Crippen molar-refractivity contribution in [2.45, 2.75) is 70.4 Å². The van der Waals surface area contributed by atoms with E-state index < -0.39 is 11.5 Å². The van der Waals surface area contributed by atoms with Crippen molar-refractivity contribution < 1.29 is 14.7 Å². The number of carboxylic acids is 1. The average molecular weight is 270 g/mol. The predicted molar refractivity (Wildman–Crippen MR) is 73.6 cm³/mol. The number of nitrogens with two attached hydrogens (primary N) is 1. The summed E-state index contributed by atoms with van der Waals surface area (Å²) in [5.74, 6) is -0.515. The molecular formula is C14H26N2O3. The highest BCUT2D eigenvalue weighted by Gasteiger charge is 2.42. The van der Waals surface area contributed by atoms with Gasteiger partial charge in [-0.1, -0.05) is 13.3 Å². The fourth-order valence-electron chi connectivity index (χ4n) is 2.66. The molecule has 0 saturated heterocycles. The summed E-state index contributed by atoms with van der Waals surface area (Å²) in [5, 5.41) is 12.2. The molecule has 0 aromatic rings. The van der Waals surface area contributed by atoms with Crippen molar-refractivity contribution in [2.24, 2.45) is 11.7 Å². The summed E-state index contributed by atoms with van der Waals surface area (Å²) in [6.45, 7) is 3.96. The maximum Gasteiger partial charge on any atom is 0.329 e. The number of carbonyl (C=O) groups is 2. The molecule has 4 N–H and O–H groups in total. The molecule has 0 radical (unpaired) electrons. The van der Waals surface area contributed by atoms with Gasteiger partial charge in [0.2, 0.25) is 5.91 Å². The van der Waals surface area contributed by atoms with Gasteiger partial charge in [0.25, 0.3) is 0 Å². The largest absolute Gasteiger partial charge is 0.480 e. The third-order valence-corrected chi connectivity index (χ3v) is 4.15. The van der Waals surface area contributed by atoms with Crippen LogP contribution in [-0.4, -0.2) is 28.6 Å². The summed E-state index contributed by atoms with van der Waals surface area (Å²) in [7, 11) is 0. The Kier molecular flexibility index (Phi) is 5.79. The molecule has 1 fully saturated rings. The second-order valence-electron chi connectivity index (χ2n) is 5.80. The number of amides is 1. The first kappa shape index (κ1) is 16.0. The van der Waals surface area contributed by atoms with Gasteiger partial charge in [0, 0.05) is 12.5 Å². The highest BCUT2D eigenvalue weighted by Crippen LogP contribution is 2.34. The van der Waals surface area contributed by atoms with Crippen LogP contribution in [0.2, 0.25) is 0 Å². The van der Waals surface area contributed by atoms with Crippen molar-refractivity contribution in [1.82, 2.24) is 5.32 Å². The quantitative estimate of drug-likeness (QED) is 0.684. The van der Waals surface area contributed by atoms with E-state index in [9.17, 15) is 14.7 Å². The second-order valence-corrected chi connectivity index (χ2v) is 5.80. The lowest BCUT2D eigenvalue weighted by Crippen LogP contribution is -2.56. The number of hydrogen-bond acceptors (Lipinski definition) is 3. The van der Waals surface area contributed by atoms with Gasteiger partial charge in [0.05, 0.1) is 0 Å². The van der Waals surface area contributed by atoms with Crippen LogP contribution in [0.3, 0.4) is 0 Å². The van der Waals surface area contributed by atoms with Crippen molar-refractivity contribution >= 4 is 11.9 Å². The Balaban J connectivity index is 2.58. The van der Waals surface area contributed by atoms with Crippen LogP contribution in [0.15, 0.2) is 0 Å². The first-order chi connectivity index (χ1) is 8.89. The van der Waals surface area contributed by atoms with Crippen molar-refractivity contribution in [2.75, 3.05) is 0 Å². The zero-order valence-electron chi connectivity index (χ0n) is 11.9. The van der Waals surface area contributed by atoms with E-state index in [2.05, 4.69) is 12.2 Å². The number of aliphatic carboxylic acids is 1. The number of nitrogens with one attached hydrogen (secondary N) is 1. The van der Waals surface area contributed by atoms with Crippen LogP contribution in [0, 0.1) is 5.92 Å². The summed E-state index contributed by atoms with van der Waals surface area (Å²) in [5.41, 5.74) is 4.55. The number of carboxylic acid groups (broad SMARTS) is 1. The summed E-state index contributed by atoms with van der Waals surface area (Å²) >= 11 is 0. The van der Waals surface area contributed by atoms with Crippen molar-refractivity contribution in [1.29, 1.82) is 0 Å². The lowest BCUT2D eigenvalue weighted by Gasteiger charge is -2.37. The van der Waals surface area contributed by atoms with Crippen molar-refractivity contribution in [3.63, 3.8) is 0 Å². The lowest BCUT2D eigenvalue weighted by atomic mass is 9.75. The third kappa shape index (κ3) is 4.49. The summed E-state index contributed by atoms with van der Waals surface area (Å²) in [6.07, 6.45) is 4.76. The Morgan fingerprint density at radius 3 is 2.42 bits per heavy atom. The molecule has 0 spiro atoms. The molecule has 19 heavy (non-hydrogen) atoms. The van der Waals surface area contributed by atoms with Crippen LogP contribution in [0.1, 0.15) is 58.8 Å². The van der Waals surface area contributed by atoms with Gasteiger partial charge in [-0.15, -0.1) is 0 Å². The van der Waals surface area contributed by atoms with E-state index in [-0.39, 0.29) is 11.9 Å². The average Bonchev–Trinajstić information content (AvgIpc) is 2.37. The Labute approximate surface area is 114 Å². The minimum atomic E-state index is -1.05. The maximum absolute atomic E-state index is 11.8. The van der Waals surface area contributed by atoms with Crippen LogP contribution in [0.5, 0.6) is 0 Å². The molecule has 0 aliphatic heterocycles. The number of carbonyl (C=O) groups excluding carboxylic acids is 1. The topological polar surface area (TPSA) is 92.4 Å². The van der Waals surface area contributed by atoms with E-state index in [1.165, 1.54) is 0 Å². The van der Waals surface area contributed by atoms with Crippen LogP contribution in [-0.2, 0) is 9.59 Å². The minimum Gasteiger partial charge on any atom is -0.480 e. The van der Waals surface area contributed by atoms with E-state index in [0.29, 0.717) is 31.6 Å². The van der Waals surface area contributed by atoms with Gasteiger partial charge in [-0.25, -0.2) is 4.79 Å². The van der Waals surface area contributed by atoms with E-state index in [1.807, 2.05) is 6.92 Å². The maximum atomic E-state index is 11.8. The van der Waals surface area contributed by atoms with Gasteiger partial charge < -0.3 is 16.2 Å². The van der Waals surface area contributed by atoms with Crippen molar-refractivity contribution in [3.8, 4) is 0 Å². The van der Waals surface area contributed by atoms with E-state index >= 15 is 0 Å². The van der Waals surface area contributed by atoms with Gasteiger partial charge >= 0.3 is 5.97 Å². The third-order valence-electron chi connectivity index (χ3n) is 4.15. The van der Waals surface area contributed by atoms with Crippen LogP contribution < -0.4 is 11.1 Å². The molecule has 1 saturated carbocycles. The molecule has 1 aliphatic carbocycles. The molecule has 110 valence electrons. The fraction of sp³-hybridized carbons (Fsp3) is 0.857. The Bertz CT molecular complexity index is 321. The summed E-state index contributed by atoms with van der Waals surface area (Å²) < 4.78 is 0. The fourth-order valence-corrected chi connectivity index (χ4v) is 2.66. The summed E-state index contributed by atoms with van der Waals surface area (Å²) in [4.78, 5) is 23.4. The number of hydrogen-bond donors (Lipinski definition) is 3. The molecule has 0 aromatic heterocycles. The van der Waals surface area contributed by atoms with Gasteiger partial charge in [0.1, 0.15) is 5.54 Å². The molecule has 1 rings (SSSR count). The van der Waals surface area contributed by atoms with Crippen LogP contribution in [0.4, 0.5) is 0 Å². The molecule has 1 atom stereocenters. The molecule has 5 heteroatoms. The van der Waals surface area contributed by atoms with Crippen LogP contribution >= 0.6 is 0 Å². The smallest absolute Gasteiger partial charge is 0.329 e. The van der Waals surface area contributed by atoms with Gasteiger partial charge in [0.15, 0.2) is 0 Å². The molecule has 1 aliphatic rings. The van der Waals surface area contributed by atoms with Crippen molar-refractivity contribution in [3.05, 3.63) is 0 Å². The molecule has 1 unspecified atom stereocenters. The molecule has 0 bridgehead atoms. The van der Waals surface area contributed by atoms with Gasteiger partial charge in [-0.2, -0.15) is 0 Å². The van der Waals surface area contributed by atoms with E-state index in [4.69, 9.17) is 5.73 Å².